The molecule has 0 bridgehead atoms. The molecule has 2 aromatic carbocycles. The summed E-state index contributed by atoms with van der Waals surface area (Å²) in [5.41, 5.74) is 2.95. The molecule has 2 heterocycles. The average molecular weight is 368 g/mol. The molecule has 134 valence electrons. The topological polar surface area (TPSA) is 41.0 Å². The van der Waals surface area contributed by atoms with E-state index in [1.807, 2.05) is 28.8 Å². The average Bonchev–Trinajstić information content (AvgIpc) is 2.98. The Hall–Kier alpha value is -2.30. The van der Waals surface area contributed by atoms with Crippen LogP contribution < -0.4 is 5.69 Å². The molecule has 1 fully saturated rings. The van der Waals surface area contributed by atoms with Gasteiger partial charge in [-0.15, -0.1) is 0 Å². The van der Waals surface area contributed by atoms with Gasteiger partial charge in [-0.1, -0.05) is 54.1 Å². The predicted octanol–water partition coefficient (Wildman–Crippen LogP) is 4.33. The highest BCUT2D eigenvalue weighted by Gasteiger charge is 2.23. The molecule has 0 amide bonds. The maximum absolute atomic E-state index is 12.4. The summed E-state index contributed by atoms with van der Waals surface area (Å²) in [6.45, 7) is 2.94. The first-order chi connectivity index (χ1) is 12.7. The Labute approximate surface area is 157 Å². The van der Waals surface area contributed by atoms with Crippen molar-refractivity contribution in [2.75, 3.05) is 19.6 Å². The quantitative estimate of drug-likeness (QED) is 0.745. The summed E-state index contributed by atoms with van der Waals surface area (Å²) < 4.78 is 1.91. The standard InChI is InChI=1S/C21H22ClN3O/c22-17-8-9-20-19(15-17)23-21(26)25(20)18-10-13-24(14-11-18)12-4-7-16-5-2-1-3-6-16/h1-9,15,18H,10-14H2,(H,23,26)/b7-4+. The molecule has 0 atom stereocenters. The number of piperidine rings is 1. The normalized spacial score (nSPS) is 16.7. The van der Waals surface area contributed by atoms with Crippen LogP contribution in [-0.4, -0.2) is 34.1 Å². The highest BCUT2D eigenvalue weighted by molar-refractivity contribution is 6.31. The number of nitrogens with one attached hydrogen (secondary N) is 1. The van der Waals surface area contributed by atoms with Crippen molar-refractivity contribution in [3.63, 3.8) is 0 Å². The highest BCUT2D eigenvalue weighted by atomic mass is 35.5. The molecule has 3 aromatic rings. The molecular weight excluding hydrogens is 346 g/mol. The fourth-order valence-corrected chi connectivity index (χ4v) is 3.90. The Morgan fingerprint density at radius 3 is 2.65 bits per heavy atom. The van der Waals surface area contributed by atoms with Gasteiger partial charge in [0, 0.05) is 30.7 Å². The molecule has 4 nitrogen and oxygen atoms in total. The largest absolute Gasteiger partial charge is 0.326 e. The van der Waals surface area contributed by atoms with Crippen molar-refractivity contribution in [3.05, 3.63) is 75.7 Å². The molecule has 1 aliphatic rings. The minimum Gasteiger partial charge on any atom is -0.305 e. The van der Waals surface area contributed by atoms with E-state index in [1.165, 1.54) is 5.56 Å². The fourth-order valence-electron chi connectivity index (χ4n) is 3.73. The smallest absolute Gasteiger partial charge is 0.305 e. The van der Waals surface area contributed by atoms with Crippen molar-refractivity contribution < 1.29 is 0 Å². The first-order valence-electron chi connectivity index (χ1n) is 9.04. The Balaban J connectivity index is 1.40. The Bertz CT molecular complexity index is 966. The van der Waals surface area contributed by atoms with Crippen LogP contribution in [0.3, 0.4) is 0 Å². The van der Waals surface area contributed by atoms with Crippen LogP contribution in [0.15, 0.2) is 59.4 Å². The van der Waals surface area contributed by atoms with Crippen molar-refractivity contribution >= 4 is 28.7 Å². The number of rotatable bonds is 4. The lowest BCUT2D eigenvalue weighted by Crippen LogP contribution is -2.37. The minimum absolute atomic E-state index is 0.0373. The third kappa shape index (κ3) is 3.62. The highest BCUT2D eigenvalue weighted by Crippen LogP contribution is 2.26. The second kappa shape index (κ2) is 7.52. The molecule has 1 aliphatic heterocycles. The van der Waals surface area contributed by atoms with Crippen LogP contribution in [-0.2, 0) is 0 Å². The number of halogens is 1. The van der Waals surface area contributed by atoms with E-state index in [-0.39, 0.29) is 11.7 Å². The first-order valence-corrected chi connectivity index (χ1v) is 9.42. The van der Waals surface area contributed by atoms with Crippen molar-refractivity contribution in [3.8, 4) is 0 Å². The van der Waals surface area contributed by atoms with Crippen LogP contribution in [0.4, 0.5) is 0 Å². The van der Waals surface area contributed by atoms with E-state index >= 15 is 0 Å². The van der Waals surface area contributed by atoms with Crippen molar-refractivity contribution in [2.24, 2.45) is 0 Å². The molecule has 26 heavy (non-hydrogen) atoms. The van der Waals surface area contributed by atoms with Crippen LogP contribution in [0.1, 0.15) is 24.4 Å². The van der Waals surface area contributed by atoms with Crippen LogP contribution in [0, 0.1) is 0 Å². The number of nitrogens with zero attached hydrogens (tertiary/aromatic N) is 2. The monoisotopic (exact) mass is 367 g/mol. The van der Waals surface area contributed by atoms with Gasteiger partial charge in [-0.25, -0.2) is 4.79 Å². The summed E-state index contributed by atoms with van der Waals surface area (Å²) >= 11 is 6.03. The molecule has 0 spiro atoms. The van der Waals surface area contributed by atoms with E-state index in [0.717, 1.165) is 43.5 Å². The number of aromatic nitrogens is 2. The molecular formula is C21H22ClN3O. The summed E-state index contributed by atoms with van der Waals surface area (Å²) in [5, 5.41) is 0.644. The zero-order chi connectivity index (χ0) is 17.9. The minimum atomic E-state index is -0.0373. The lowest BCUT2D eigenvalue weighted by molar-refractivity contribution is 0.203. The lowest BCUT2D eigenvalue weighted by Gasteiger charge is -2.31. The van der Waals surface area contributed by atoms with Crippen molar-refractivity contribution in [2.45, 2.75) is 18.9 Å². The molecule has 1 aromatic heterocycles. The van der Waals surface area contributed by atoms with E-state index in [1.54, 1.807) is 0 Å². The first kappa shape index (κ1) is 17.1. The maximum atomic E-state index is 12.4. The number of H-pyrrole nitrogens is 1. The number of imidazole rings is 1. The van der Waals surface area contributed by atoms with Gasteiger partial charge in [-0.3, -0.25) is 9.47 Å². The van der Waals surface area contributed by atoms with Gasteiger partial charge in [0.05, 0.1) is 11.0 Å². The molecule has 0 aliphatic carbocycles. The van der Waals surface area contributed by atoms with Gasteiger partial charge in [0.1, 0.15) is 0 Å². The molecule has 1 N–H and O–H groups in total. The second-order valence-electron chi connectivity index (χ2n) is 6.81. The molecule has 1 saturated heterocycles. The summed E-state index contributed by atoms with van der Waals surface area (Å²) in [6.07, 6.45) is 6.35. The van der Waals surface area contributed by atoms with Gasteiger partial charge >= 0.3 is 5.69 Å². The third-order valence-corrected chi connectivity index (χ3v) is 5.31. The van der Waals surface area contributed by atoms with Crippen molar-refractivity contribution in [1.82, 2.24) is 14.5 Å². The molecule has 4 rings (SSSR count). The van der Waals surface area contributed by atoms with E-state index in [4.69, 9.17) is 11.6 Å². The SMILES string of the molecule is O=c1[nH]c2cc(Cl)ccc2n1C1CCN(C/C=C/c2ccccc2)CC1. The molecule has 5 heteroatoms. The maximum Gasteiger partial charge on any atom is 0.326 e. The lowest BCUT2D eigenvalue weighted by atomic mass is 10.0. The van der Waals surface area contributed by atoms with Gasteiger partial charge in [-0.05, 0) is 36.6 Å². The Morgan fingerprint density at radius 2 is 1.88 bits per heavy atom. The van der Waals surface area contributed by atoms with E-state index < -0.39 is 0 Å². The molecule has 0 saturated carbocycles. The van der Waals surface area contributed by atoms with Crippen LogP contribution >= 0.6 is 11.6 Å². The van der Waals surface area contributed by atoms with E-state index in [9.17, 15) is 4.79 Å². The van der Waals surface area contributed by atoms with Crippen LogP contribution in [0.5, 0.6) is 0 Å². The van der Waals surface area contributed by atoms with Gasteiger partial charge in [0.15, 0.2) is 0 Å². The fraction of sp³-hybridized carbons (Fsp3) is 0.286. The Morgan fingerprint density at radius 1 is 1.12 bits per heavy atom. The van der Waals surface area contributed by atoms with Gasteiger partial charge in [0.2, 0.25) is 0 Å². The van der Waals surface area contributed by atoms with E-state index in [2.05, 4.69) is 46.3 Å². The number of likely N-dealkylation sites (tertiary alicyclic amines) is 1. The van der Waals surface area contributed by atoms with Crippen LogP contribution in [0.25, 0.3) is 17.1 Å². The summed E-state index contributed by atoms with van der Waals surface area (Å²) in [4.78, 5) is 17.8. The number of benzene rings is 2. The van der Waals surface area contributed by atoms with Crippen molar-refractivity contribution in [1.29, 1.82) is 0 Å². The summed E-state index contributed by atoms with van der Waals surface area (Å²) in [5.74, 6) is 0. The number of hydrogen-bond donors (Lipinski definition) is 1. The van der Waals surface area contributed by atoms with Gasteiger partial charge in [-0.2, -0.15) is 0 Å². The third-order valence-electron chi connectivity index (χ3n) is 5.07. The summed E-state index contributed by atoms with van der Waals surface area (Å²) in [6, 6.07) is 16.2. The Kier molecular flexibility index (Phi) is 4.96. The second-order valence-corrected chi connectivity index (χ2v) is 7.24. The summed E-state index contributed by atoms with van der Waals surface area (Å²) in [7, 11) is 0. The van der Waals surface area contributed by atoms with Gasteiger partial charge < -0.3 is 4.98 Å². The molecule has 0 unspecified atom stereocenters. The number of aromatic amines is 1. The molecule has 0 radical (unpaired) electrons. The zero-order valence-electron chi connectivity index (χ0n) is 14.6. The zero-order valence-corrected chi connectivity index (χ0v) is 15.3. The van der Waals surface area contributed by atoms with Crippen LogP contribution in [0.2, 0.25) is 5.02 Å². The van der Waals surface area contributed by atoms with Gasteiger partial charge in [0.25, 0.3) is 0 Å². The predicted molar refractivity (Wildman–Crippen MR) is 108 cm³/mol. The van der Waals surface area contributed by atoms with E-state index in [0.29, 0.717) is 5.02 Å². The number of hydrogen-bond acceptors (Lipinski definition) is 2. The number of fused-ring (bicyclic) bond motifs is 1.